The summed E-state index contributed by atoms with van der Waals surface area (Å²) in [6.07, 6.45) is -5.79. The maximum atomic E-state index is 13.0. The number of alkyl halides is 3. The van der Waals surface area contributed by atoms with E-state index in [2.05, 4.69) is 21.0 Å². The Bertz CT molecular complexity index is 588. The van der Waals surface area contributed by atoms with Crippen LogP contribution in [0.2, 0.25) is 0 Å². The minimum absolute atomic E-state index is 0.00123. The summed E-state index contributed by atoms with van der Waals surface area (Å²) in [5, 5.41) is 13.5. The molecule has 20 heavy (non-hydrogen) atoms. The number of benzene rings is 1. The summed E-state index contributed by atoms with van der Waals surface area (Å²) < 4.78 is 39.7. The Kier molecular flexibility index (Phi) is 3.64. The van der Waals surface area contributed by atoms with Gasteiger partial charge in [0.05, 0.1) is 12.1 Å². The number of amides is 1. The van der Waals surface area contributed by atoms with Crippen LogP contribution in [0.3, 0.4) is 0 Å². The van der Waals surface area contributed by atoms with Crippen molar-refractivity contribution in [3.8, 4) is 0 Å². The van der Waals surface area contributed by atoms with E-state index in [9.17, 15) is 23.1 Å². The van der Waals surface area contributed by atoms with Gasteiger partial charge in [0.15, 0.2) is 0 Å². The molecule has 0 spiro atoms. The van der Waals surface area contributed by atoms with Gasteiger partial charge in [-0.25, -0.2) is 0 Å². The van der Waals surface area contributed by atoms with Gasteiger partial charge in [0.25, 0.3) is 5.72 Å². The highest BCUT2D eigenvalue weighted by Gasteiger charge is 2.62. The summed E-state index contributed by atoms with van der Waals surface area (Å²) in [5.41, 5.74) is -2.89. The molecule has 4 nitrogen and oxygen atoms in total. The van der Waals surface area contributed by atoms with Gasteiger partial charge in [-0.1, -0.05) is 28.1 Å². The molecule has 0 bridgehead atoms. The summed E-state index contributed by atoms with van der Waals surface area (Å²) in [4.78, 5) is 11.3. The number of hydrogen-bond acceptors (Lipinski definition) is 3. The molecule has 0 fully saturated rings. The summed E-state index contributed by atoms with van der Waals surface area (Å²) in [6.45, 7) is 0.921. The van der Waals surface area contributed by atoms with Crippen molar-refractivity contribution in [3.63, 3.8) is 0 Å². The highest BCUT2D eigenvalue weighted by molar-refractivity contribution is 9.10. The molecule has 108 valence electrons. The van der Waals surface area contributed by atoms with E-state index in [1.54, 1.807) is 24.3 Å². The highest BCUT2D eigenvalue weighted by Crippen LogP contribution is 2.41. The van der Waals surface area contributed by atoms with Crippen LogP contribution in [-0.2, 0) is 4.79 Å². The second-order valence-corrected chi connectivity index (χ2v) is 5.29. The van der Waals surface area contributed by atoms with Crippen LogP contribution in [0.25, 0.3) is 0 Å². The predicted molar refractivity (Wildman–Crippen MR) is 68.8 cm³/mol. The Morgan fingerprint density at radius 2 is 2.15 bits per heavy atom. The fourth-order valence-electron chi connectivity index (χ4n) is 1.93. The van der Waals surface area contributed by atoms with E-state index in [1.165, 1.54) is 0 Å². The summed E-state index contributed by atoms with van der Waals surface area (Å²) in [6, 6.07) is 6.46. The van der Waals surface area contributed by atoms with Crippen LogP contribution in [0.5, 0.6) is 0 Å². The number of aliphatic hydroxyl groups is 1. The van der Waals surface area contributed by atoms with Gasteiger partial charge in [0.1, 0.15) is 0 Å². The van der Waals surface area contributed by atoms with Gasteiger partial charge in [-0.05, 0) is 17.7 Å². The van der Waals surface area contributed by atoms with E-state index in [0.29, 0.717) is 10.0 Å². The summed E-state index contributed by atoms with van der Waals surface area (Å²) in [5.74, 6) is -0.977. The Morgan fingerprint density at radius 1 is 1.50 bits per heavy atom. The number of carbonyl (C=O) groups excluding carboxylic acids is 1. The SMILES string of the molecule is CC(=O)N1N=C(c2cccc(Br)c2)C[C@]1(O)C(F)(F)F. The average Bonchev–Trinajstić information content (AvgIpc) is 2.68. The fourth-order valence-corrected chi connectivity index (χ4v) is 2.33. The molecule has 8 heteroatoms. The van der Waals surface area contributed by atoms with Crippen LogP contribution in [0.15, 0.2) is 33.8 Å². The first-order chi connectivity index (χ1) is 9.15. The third-order valence-electron chi connectivity index (χ3n) is 2.90. The quantitative estimate of drug-likeness (QED) is 0.846. The minimum atomic E-state index is -4.99. The average molecular weight is 351 g/mol. The van der Waals surface area contributed by atoms with Crippen LogP contribution >= 0.6 is 15.9 Å². The first-order valence-electron chi connectivity index (χ1n) is 5.58. The zero-order valence-corrected chi connectivity index (χ0v) is 11.9. The molecule has 2 rings (SSSR count). The van der Waals surface area contributed by atoms with E-state index in [1.807, 2.05) is 0 Å². The Morgan fingerprint density at radius 3 is 2.60 bits per heavy atom. The van der Waals surface area contributed by atoms with Crippen molar-refractivity contribution in [3.05, 3.63) is 34.3 Å². The molecule has 0 aliphatic carbocycles. The van der Waals surface area contributed by atoms with Crippen molar-refractivity contribution in [2.24, 2.45) is 5.10 Å². The lowest BCUT2D eigenvalue weighted by atomic mass is 10.0. The van der Waals surface area contributed by atoms with Gasteiger partial charge in [-0.3, -0.25) is 4.79 Å². The smallest absolute Gasteiger partial charge is 0.362 e. The van der Waals surface area contributed by atoms with Crippen LogP contribution < -0.4 is 0 Å². The van der Waals surface area contributed by atoms with E-state index in [4.69, 9.17) is 0 Å². The first kappa shape index (κ1) is 15.0. The summed E-state index contributed by atoms with van der Waals surface area (Å²) in [7, 11) is 0. The molecule has 1 heterocycles. The number of carbonyl (C=O) groups is 1. The van der Waals surface area contributed by atoms with Crippen molar-refractivity contribution >= 4 is 27.5 Å². The molecular weight excluding hydrogens is 341 g/mol. The zero-order valence-electron chi connectivity index (χ0n) is 10.3. The van der Waals surface area contributed by atoms with E-state index >= 15 is 0 Å². The maximum absolute atomic E-state index is 13.0. The van der Waals surface area contributed by atoms with Crippen LogP contribution in [-0.4, -0.2) is 33.6 Å². The normalized spacial score (nSPS) is 22.9. The summed E-state index contributed by atoms with van der Waals surface area (Å²) >= 11 is 3.20. The molecule has 1 N–H and O–H groups in total. The monoisotopic (exact) mass is 350 g/mol. The van der Waals surface area contributed by atoms with E-state index in [-0.39, 0.29) is 10.7 Å². The topological polar surface area (TPSA) is 52.9 Å². The zero-order chi connectivity index (χ0) is 15.1. The van der Waals surface area contributed by atoms with Crippen LogP contribution in [0.4, 0.5) is 13.2 Å². The van der Waals surface area contributed by atoms with Crippen LogP contribution in [0, 0.1) is 0 Å². The molecule has 1 atom stereocenters. The van der Waals surface area contributed by atoms with Gasteiger partial charge in [0.2, 0.25) is 5.91 Å². The number of hydrogen-bond donors (Lipinski definition) is 1. The Labute approximate surface area is 121 Å². The number of rotatable bonds is 1. The van der Waals surface area contributed by atoms with E-state index in [0.717, 1.165) is 6.92 Å². The molecule has 1 aliphatic rings. The van der Waals surface area contributed by atoms with Crippen molar-refractivity contribution in [1.82, 2.24) is 5.01 Å². The molecule has 0 saturated carbocycles. The van der Waals surface area contributed by atoms with E-state index < -0.39 is 24.2 Å². The van der Waals surface area contributed by atoms with Gasteiger partial charge in [-0.15, -0.1) is 0 Å². The third-order valence-corrected chi connectivity index (χ3v) is 3.39. The lowest BCUT2D eigenvalue weighted by molar-refractivity contribution is -0.301. The standard InChI is InChI=1S/C12H10BrF3N2O2/c1-7(19)18-11(20,12(14,15)16)6-10(17-18)8-3-2-4-9(13)5-8/h2-5,20H,6H2,1H3/t11-/m0/s1. The number of halogens is 4. The maximum Gasteiger partial charge on any atom is 0.438 e. The highest BCUT2D eigenvalue weighted by atomic mass is 79.9. The van der Waals surface area contributed by atoms with Crippen molar-refractivity contribution in [2.45, 2.75) is 25.2 Å². The Hall–Kier alpha value is -1.41. The minimum Gasteiger partial charge on any atom is -0.362 e. The molecule has 1 amide bonds. The fraction of sp³-hybridized carbons (Fsp3) is 0.333. The van der Waals surface area contributed by atoms with Gasteiger partial charge < -0.3 is 5.11 Å². The van der Waals surface area contributed by atoms with Gasteiger partial charge in [-0.2, -0.15) is 23.3 Å². The van der Waals surface area contributed by atoms with Gasteiger partial charge in [0, 0.05) is 11.4 Å². The molecule has 0 radical (unpaired) electrons. The molecule has 0 aromatic heterocycles. The second kappa shape index (κ2) is 4.85. The van der Waals surface area contributed by atoms with Crippen molar-refractivity contribution in [2.75, 3.05) is 0 Å². The van der Waals surface area contributed by atoms with Crippen molar-refractivity contribution < 1.29 is 23.1 Å². The molecule has 1 aromatic rings. The lowest BCUT2D eigenvalue weighted by Crippen LogP contribution is -2.56. The lowest BCUT2D eigenvalue weighted by Gasteiger charge is -2.31. The van der Waals surface area contributed by atoms with Gasteiger partial charge >= 0.3 is 6.18 Å². The Balaban J connectivity index is 2.45. The largest absolute Gasteiger partial charge is 0.438 e. The molecule has 1 aliphatic heterocycles. The molecule has 0 saturated heterocycles. The number of nitrogens with zero attached hydrogens (tertiary/aromatic N) is 2. The molecular formula is C12H10BrF3N2O2. The first-order valence-corrected chi connectivity index (χ1v) is 6.38. The molecule has 1 aromatic carbocycles. The third kappa shape index (κ3) is 2.45. The number of hydrazone groups is 1. The van der Waals surface area contributed by atoms with Crippen molar-refractivity contribution in [1.29, 1.82) is 0 Å². The van der Waals surface area contributed by atoms with Crippen LogP contribution in [0.1, 0.15) is 18.9 Å². The molecule has 0 unspecified atom stereocenters. The predicted octanol–water partition coefficient (Wildman–Crippen LogP) is 2.66. The second-order valence-electron chi connectivity index (χ2n) is 4.38.